The van der Waals surface area contributed by atoms with Crippen molar-refractivity contribution in [1.29, 1.82) is 0 Å². The normalized spacial score (nSPS) is 11.1. The second kappa shape index (κ2) is 11.4. The number of carbonyl (C=O) groups excluding carboxylic acids is 2. The van der Waals surface area contributed by atoms with E-state index in [1.807, 2.05) is 72.8 Å². The number of fused-ring (bicyclic) bond motifs is 1. The van der Waals surface area contributed by atoms with Crippen LogP contribution in [0.15, 0.2) is 102 Å². The summed E-state index contributed by atoms with van der Waals surface area (Å²) in [4.78, 5) is 24.6. The molecule has 0 unspecified atom stereocenters. The van der Waals surface area contributed by atoms with Crippen molar-refractivity contribution in [3.63, 3.8) is 0 Å². The molecule has 4 aromatic rings. The zero-order chi connectivity index (χ0) is 24.5. The average molecular weight is 465 g/mol. The molecule has 0 spiro atoms. The highest BCUT2D eigenvalue weighted by Gasteiger charge is 2.09. The van der Waals surface area contributed by atoms with Crippen LogP contribution < -0.4 is 14.9 Å². The standard InChI is InChI=1S/C29H24N2O4/c1-34-27-18-22(14-16-26(27)35-29(33)17-15-21-8-3-2-4-9-21)20-30-31-28(32)19-24-12-7-11-23-10-5-6-13-25(23)24/h2-18,20H,19H2,1H3,(H,31,32)/b17-15+,30-20+. The molecule has 0 aliphatic heterocycles. The number of methoxy groups -OCH3 is 1. The Hall–Kier alpha value is -4.71. The molecule has 4 rings (SSSR count). The lowest BCUT2D eigenvalue weighted by atomic mass is 10.0. The Bertz CT molecular complexity index is 1390. The van der Waals surface area contributed by atoms with Crippen LogP contribution in [0.4, 0.5) is 0 Å². The molecule has 0 aliphatic rings. The molecule has 0 saturated heterocycles. The van der Waals surface area contributed by atoms with Gasteiger partial charge in [0.05, 0.1) is 19.7 Å². The molecule has 0 saturated carbocycles. The van der Waals surface area contributed by atoms with Crippen molar-refractivity contribution in [2.75, 3.05) is 7.11 Å². The van der Waals surface area contributed by atoms with Crippen molar-refractivity contribution in [3.05, 3.63) is 114 Å². The topological polar surface area (TPSA) is 77.0 Å². The molecule has 0 radical (unpaired) electrons. The van der Waals surface area contributed by atoms with Gasteiger partial charge in [0.15, 0.2) is 11.5 Å². The number of hydrogen-bond acceptors (Lipinski definition) is 5. The number of esters is 1. The van der Waals surface area contributed by atoms with Crippen molar-refractivity contribution in [3.8, 4) is 11.5 Å². The van der Waals surface area contributed by atoms with Gasteiger partial charge < -0.3 is 9.47 Å². The Morgan fingerprint density at radius 1 is 0.857 bits per heavy atom. The van der Waals surface area contributed by atoms with Gasteiger partial charge in [-0.05, 0) is 51.7 Å². The Morgan fingerprint density at radius 2 is 1.63 bits per heavy atom. The number of hydrogen-bond donors (Lipinski definition) is 1. The van der Waals surface area contributed by atoms with Gasteiger partial charge in [-0.2, -0.15) is 5.10 Å². The van der Waals surface area contributed by atoms with Gasteiger partial charge in [-0.25, -0.2) is 10.2 Å². The summed E-state index contributed by atoms with van der Waals surface area (Å²) in [5.74, 6) is -0.0839. The zero-order valence-corrected chi connectivity index (χ0v) is 19.2. The van der Waals surface area contributed by atoms with Crippen LogP contribution in [0.2, 0.25) is 0 Å². The van der Waals surface area contributed by atoms with Crippen LogP contribution in [0.5, 0.6) is 11.5 Å². The molecule has 1 N–H and O–H groups in total. The number of nitrogens with zero attached hydrogens (tertiary/aromatic N) is 1. The zero-order valence-electron chi connectivity index (χ0n) is 19.2. The quantitative estimate of drug-likeness (QED) is 0.128. The van der Waals surface area contributed by atoms with Gasteiger partial charge in [0, 0.05) is 6.08 Å². The predicted octanol–water partition coefficient (Wildman–Crippen LogP) is 5.16. The van der Waals surface area contributed by atoms with Gasteiger partial charge in [-0.3, -0.25) is 4.79 Å². The fourth-order valence-electron chi connectivity index (χ4n) is 3.56. The molecule has 0 bridgehead atoms. The second-order valence-corrected chi connectivity index (χ2v) is 7.68. The summed E-state index contributed by atoms with van der Waals surface area (Å²) in [6, 6.07) is 28.3. The SMILES string of the molecule is COc1cc(/C=N/NC(=O)Cc2cccc3ccccc23)ccc1OC(=O)/C=C/c1ccccc1. The van der Waals surface area contributed by atoms with Crippen molar-refractivity contribution >= 4 is 34.9 Å². The van der Waals surface area contributed by atoms with Crippen molar-refractivity contribution in [2.24, 2.45) is 5.10 Å². The highest BCUT2D eigenvalue weighted by atomic mass is 16.6. The number of ether oxygens (including phenoxy) is 2. The molecule has 0 atom stereocenters. The van der Waals surface area contributed by atoms with Gasteiger partial charge in [0.1, 0.15) is 0 Å². The Kier molecular flexibility index (Phi) is 7.66. The number of hydrazone groups is 1. The van der Waals surface area contributed by atoms with Crippen LogP contribution in [-0.4, -0.2) is 25.2 Å². The molecule has 6 nitrogen and oxygen atoms in total. The third kappa shape index (κ3) is 6.42. The van der Waals surface area contributed by atoms with Crippen LogP contribution in [0.25, 0.3) is 16.8 Å². The van der Waals surface area contributed by atoms with Crippen LogP contribution in [0, 0.1) is 0 Å². The highest BCUT2D eigenvalue weighted by Crippen LogP contribution is 2.28. The summed E-state index contributed by atoms with van der Waals surface area (Å²) in [5, 5.41) is 6.18. The molecule has 35 heavy (non-hydrogen) atoms. The minimum absolute atomic E-state index is 0.216. The smallest absolute Gasteiger partial charge is 0.336 e. The van der Waals surface area contributed by atoms with E-state index in [-0.39, 0.29) is 18.1 Å². The number of amides is 1. The van der Waals surface area contributed by atoms with E-state index in [0.29, 0.717) is 11.3 Å². The van der Waals surface area contributed by atoms with E-state index in [1.54, 1.807) is 24.3 Å². The maximum Gasteiger partial charge on any atom is 0.336 e. The molecule has 0 aromatic heterocycles. The minimum Gasteiger partial charge on any atom is -0.493 e. The first-order valence-corrected chi connectivity index (χ1v) is 11.0. The molecule has 6 heteroatoms. The second-order valence-electron chi connectivity index (χ2n) is 7.68. The maximum atomic E-state index is 12.4. The first-order chi connectivity index (χ1) is 17.1. The van der Waals surface area contributed by atoms with Crippen molar-refractivity contribution < 1.29 is 19.1 Å². The Morgan fingerprint density at radius 3 is 2.46 bits per heavy atom. The number of benzene rings is 4. The summed E-state index contributed by atoms with van der Waals surface area (Å²) in [6.45, 7) is 0. The van der Waals surface area contributed by atoms with Gasteiger partial charge in [-0.1, -0.05) is 72.8 Å². The van der Waals surface area contributed by atoms with E-state index >= 15 is 0 Å². The maximum absolute atomic E-state index is 12.4. The van der Waals surface area contributed by atoms with E-state index in [1.165, 1.54) is 19.4 Å². The molecule has 174 valence electrons. The van der Waals surface area contributed by atoms with Crippen molar-refractivity contribution in [2.45, 2.75) is 6.42 Å². The van der Waals surface area contributed by atoms with E-state index in [0.717, 1.165) is 21.9 Å². The molecular weight excluding hydrogens is 440 g/mol. The number of nitrogens with one attached hydrogen (secondary N) is 1. The summed E-state index contributed by atoms with van der Waals surface area (Å²) >= 11 is 0. The van der Waals surface area contributed by atoms with Crippen LogP contribution in [-0.2, 0) is 16.0 Å². The fraction of sp³-hybridized carbons (Fsp3) is 0.0690. The molecule has 0 heterocycles. The molecule has 0 fully saturated rings. The van der Waals surface area contributed by atoms with Gasteiger partial charge in [0.2, 0.25) is 5.91 Å². The molecule has 1 amide bonds. The summed E-state index contributed by atoms with van der Waals surface area (Å²) in [5.41, 5.74) is 5.06. The first kappa shape index (κ1) is 23.4. The highest BCUT2D eigenvalue weighted by molar-refractivity contribution is 5.91. The predicted molar refractivity (Wildman–Crippen MR) is 137 cm³/mol. The van der Waals surface area contributed by atoms with E-state index < -0.39 is 5.97 Å². The Balaban J connectivity index is 1.36. The minimum atomic E-state index is -0.519. The lowest BCUT2D eigenvalue weighted by molar-refractivity contribution is -0.129. The third-order valence-corrected chi connectivity index (χ3v) is 5.24. The molecule has 4 aromatic carbocycles. The van der Waals surface area contributed by atoms with Gasteiger partial charge in [-0.15, -0.1) is 0 Å². The largest absolute Gasteiger partial charge is 0.493 e. The lowest BCUT2D eigenvalue weighted by Gasteiger charge is -2.08. The summed E-state index contributed by atoms with van der Waals surface area (Å²) in [7, 11) is 1.49. The Labute approximate surface area is 203 Å². The van der Waals surface area contributed by atoms with E-state index in [2.05, 4.69) is 10.5 Å². The van der Waals surface area contributed by atoms with Gasteiger partial charge in [0.25, 0.3) is 0 Å². The first-order valence-electron chi connectivity index (χ1n) is 11.0. The third-order valence-electron chi connectivity index (χ3n) is 5.24. The number of rotatable bonds is 8. The monoisotopic (exact) mass is 464 g/mol. The average Bonchev–Trinajstić information content (AvgIpc) is 2.89. The number of carbonyl (C=O) groups is 2. The molecule has 0 aliphatic carbocycles. The summed E-state index contributed by atoms with van der Waals surface area (Å²) < 4.78 is 10.7. The lowest BCUT2D eigenvalue weighted by Crippen LogP contribution is -2.19. The van der Waals surface area contributed by atoms with Crippen molar-refractivity contribution in [1.82, 2.24) is 5.43 Å². The van der Waals surface area contributed by atoms with Crippen LogP contribution in [0.1, 0.15) is 16.7 Å². The van der Waals surface area contributed by atoms with Crippen LogP contribution >= 0.6 is 0 Å². The fourth-order valence-corrected chi connectivity index (χ4v) is 3.56. The van der Waals surface area contributed by atoms with Gasteiger partial charge >= 0.3 is 5.97 Å². The van der Waals surface area contributed by atoms with Crippen LogP contribution in [0.3, 0.4) is 0 Å². The molecular formula is C29H24N2O4. The van der Waals surface area contributed by atoms with E-state index in [9.17, 15) is 9.59 Å². The summed E-state index contributed by atoms with van der Waals surface area (Å²) in [6.07, 6.45) is 4.75. The van der Waals surface area contributed by atoms with E-state index in [4.69, 9.17) is 9.47 Å².